The Kier molecular flexibility index (Phi) is 5.75. The van der Waals surface area contributed by atoms with E-state index in [0.717, 1.165) is 29.6 Å². The molecule has 0 aliphatic rings. The first-order valence-corrected chi connectivity index (χ1v) is 7.27. The molecule has 0 aromatic carbocycles. The normalized spacial score (nSPS) is 12.8. The summed E-state index contributed by atoms with van der Waals surface area (Å²) in [6, 6.07) is 1.99. The molecule has 0 spiro atoms. The standard InChI is InChI=1S/C13H23N3S/c1-6-14-12-7-10(4)15-13(16-12)8-17-11(5)9(2)3/h7,9,11H,6,8H2,1-5H3,(H,14,15,16). The second-order valence-electron chi connectivity index (χ2n) is 4.60. The van der Waals surface area contributed by atoms with Crippen LogP contribution in [0.5, 0.6) is 0 Å². The molecule has 0 saturated heterocycles. The van der Waals surface area contributed by atoms with Gasteiger partial charge in [0.05, 0.1) is 5.75 Å². The summed E-state index contributed by atoms with van der Waals surface area (Å²) in [5.74, 6) is 3.45. The molecule has 0 bridgehead atoms. The van der Waals surface area contributed by atoms with Crippen LogP contribution in [0.25, 0.3) is 0 Å². The minimum atomic E-state index is 0.640. The quantitative estimate of drug-likeness (QED) is 0.842. The molecule has 1 aromatic rings. The van der Waals surface area contributed by atoms with Crippen molar-refractivity contribution in [2.24, 2.45) is 5.92 Å². The second-order valence-corrected chi connectivity index (χ2v) is 5.97. The Morgan fingerprint density at radius 2 is 2.00 bits per heavy atom. The number of aryl methyl sites for hydroxylation is 1. The number of rotatable bonds is 6. The van der Waals surface area contributed by atoms with E-state index in [1.165, 1.54) is 0 Å². The molecule has 17 heavy (non-hydrogen) atoms. The van der Waals surface area contributed by atoms with Crippen molar-refractivity contribution < 1.29 is 0 Å². The summed E-state index contributed by atoms with van der Waals surface area (Å²) in [6.45, 7) is 11.7. The Balaban J connectivity index is 2.64. The molecule has 1 rings (SSSR count). The zero-order valence-corrected chi connectivity index (χ0v) is 12.3. The summed E-state index contributed by atoms with van der Waals surface area (Å²) < 4.78 is 0. The Bertz CT molecular complexity index is 353. The first-order chi connectivity index (χ1) is 8.02. The average Bonchev–Trinajstić information content (AvgIpc) is 2.25. The van der Waals surface area contributed by atoms with Gasteiger partial charge in [-0.05, 0) is 19.8 Å². The fraction of sp³-hybridized carbons (Fsp3) is 0.692. The van der Waals surface area contributed by atoms with Gasteiger partial charge in [-0.2, -0.15) is 11.8 Å². The molecule has 1 unspecified atom stereocenters. The summed E-state index contributed by atoms with van der Waals surface area (Å²) in [5.41, 5.74) is 1.03. The van der Waals surface area contributed by atoms with Gasteiger partial charge in [-0.1, -0.05) is 20.8 Å². The fourth-order valence-electron chi connectivity index (χ4n) is 1.36. The van der Waals surface area contributed by atoms with Crippen LogP contribution in [-0.2, 0) is 5.75 Å². The van der Waals surface area contributed by atoms with Crippen LogP contribution in [-0.4, -0.2) is 21.8 Å². The van der Waals surface area contributed by atoms with Crippen molar-refractivity contribution in [2.75, 3.05) is 11.9 Å². The molecule has 0 fully saturated rings. The smallest absolute Gasteiger partial charge is 0.140 e. The first kappa shape index (κ1) is 14.3. The van der Waals surface area contributed by atoms with E-state index in [0.29, 0.717) is 11.2 Å². The van der Waals surface area contributed by atoms with E-state index >= 15 is 0 Å². The topological polar surface area (TPSA) is 37.8 Å². The molecule has 1 aromatic heterocycles. The van der Waals surface area contributed by atoms with Crippen molar-refractivity contribution in [2.45, 2.75) is 45.6 Å². The van der Waals surface area contributed by atoms with Crippen LogP contribution in [0.15, 0.2) is 6.07 Å². The highest BCUT2D eigenvalue weighted by Crippen LogP contribution is 2.22. The number of nitrogens with one attached hydrogen (secondary N) is 1. The highest BCUT2D eigenvalue weighted by Gasteiger charge is 2.09. The number of nitrogens with zero attached hydrogens (tertiary/aromatic N) is 2. The van der Waals surface area contributed by atoms with Gasteiger partial charge in [0.1, 0.15) is 11.6 Å². The highest BCUT2D eigenvalue weighted by molar-refractivity contribution is 7.99. The SMILES string of the molecule is CCNc1cc(C)nc(CSC(C)C(C)C)n1. The lowest BCUT2D eigenvalue weighted by Gasteiger charge is -2.14. The third kappa shape index (κ3) is 4.94. The number of aromatic nitrogens is 2. The lowest BCUT2D eigenvalue weighted by molar-refractivity contribution is 0.642. The van der Waals surface area contributed by atoms with Gasteiger partial charge in [0.25, 0.3) is 0 Å². The third-order valence-electron chi connectivity index (χ3n) is 2.67. The van der Waals surface area contributed by atoms with E-state index in [2.05, 4.69) is 43.0 Å². The van der Waals surface area contributed by atoms with Gasteiger partial charge < -0.3 is 5.32 Å². The largest absolute Gasteiger partial charge is 0.370 e. The van der Waals surface area contributed by atoms with Crippen LogP contribution in [0.2, 0.25) is 0 Å². The van der Waals surface area contributed by atoms with E-state index in [9.17, 15) is 0 Å². The van der Waals surface area contributed by atoms with Crippen molar-refractivity contribution in [1.29, 1.82) is 0 Å². The zero-order chi connectivity index (χ0) is 12.8. The van der Waals surface area contributed by atoms with Crippen molar-refractivity contribution in [3.8, 4) is 0 Å². The summed E-state index contributed by atoms with van der Waals surface area (Å²) in [5, 5.41) is 3.88. The van der Waals surface area contributed by atoms with E-state index in [-0.39, 0.29) is 0 Å². The van der Waals surface area contributed by atoms with Gasteiger partial charge >= 0.3 is 0 Å². The summed E-state index contributed by atoms with van der Waals surface area (Å²) in [6.07, 6.45) is 0. The van der Waals surface area contributed by atoms with Crippen molar-refractivity contribution in [3.63, 3.8) is 0 Å². The second kappa shape index (κ2) is 6.84. The Hall–Kier alpha value is -0.770. The Morgan fingerprint density at radius 3 is 2.59 bits per heavy atom. The highest BCUT2D eigenvalue weighted by atomic mass is 32.2. The van der Waals surface area contributed by atoms with Crippen molar-refractivity contribution in [3.05, 3.63) is 17.6 Å². The first-order valence-electron chi connectivity index (χ1n) is 6.23. The third-order valence-corrected chi connectivity index (χ3v) is 4.17. The Morgan fingerprint density at radius 1 is 1.29 bits per heavy atom. The molecule has 4 heteroatoms. The lowest BCUT2D eigenvalue weighted by atomic mass is 10.2. The minimum absolute atomic E-state index is 0.640. The van der Waals surface area contributed by atoms with Gasteiger partial charge in [-0.3, -0.25) is 0 Å². The number of hydrogen-bond acceptors (Lipinski definition) is 4. The maximum absolute atomic E-state index is 4.51. The molecule has 1 atom stereocenters. The maximum Gasteiger partial charge on any atom is 0.140 e. The summed E-state index contributed by atoms with van der Waals surface area (Å²) in [7, 11) is 0. The number of anilines is 1. The van der Waals surface area contributed by atoms with E-state index in [1.807, 2.05) is 24.8 Å². The summed E-state index contributed by atoms with van der Waals surface area (Å²) in [4.78, 5) is 8.99. The van der Waals surface area contributed by atoms with Gasteiger partial charge in [0, 0.05) is 23.6 Å². The van der Waals surface area contributed by atoms with Gasteiger partial charge in [0.2, 0.25) is 0 Å². The van der Waals surface area contributed by atoms with Gasteiger partial charge in [-0.15, -0.1) is 0 Å². The molecule has 1 N–H and O–H groups in total. The molecular formula is C13H23N3S. The van der Waals surface area contributed by atoms with E-state index in [1.54, 1.807) is 0 Å². The van der Waals surface area contributed by atoms with Crippen LogP contribution in [0.1, 0.15) is 39.2 Å². The molecule has 0 amide bonds. The molecule has 1 heterocycles. The minimum Gasteiger partial charge on any atom is -0.370 e. The number of thioether (sulfide) groups is 1. The van der Waals surface area contributed by atoms with Gasteiger partial charge in [0.15, 0.2) is 0 Å². The molecule has 0 aliphatic carbocycles. The Labute approximate surface area is 109 Å². The average molecular weight is 253 g/mol. The van der Waals surface area contributed by atoms with Crippen LogP contribution in [0.3, 0.4) is 0 Å². The predicted molar refractivity (Wildman–Crippen MR) is 76.5 cm³/mol. The molecule has 0 aliphatic heterocycles. The van der Waals surface area contributed by atoms with Crippen molar-refractivity contribution in [1.82, 2.24) is 9.97 Å². The van der Waals surface area contributed by atoms with Crippen LogP contribution in [0, 0.1) is 12.8 Å². The molecule has 3 nitrogen and oxygen atoms in total. The maximum atomic E-state index is 4.51. The van der Waals surface area contributed by atoms with E-state index < -0.39 is 0 Å². The number of hydrogen-bond donors (Lipinski definition) is 1. The van der Waals surface area contributed by atoms with Gasteiger partial charge in [-0.25, -0.2) is 9.97 Å². The molecule has 0 radical (unpaired) electrons. The monoisotopic (exact) mass is 253 g/mol. The van der Waals surface area contributed by atoms with E-state index in [4.69, 9.17) is 0 Å². The predicted octanol–water partition coefficient (Wildman–Crippen LogP) is 3.49. The zero-order valence-electron chi connectivity index (χ0n) is 11.4. The van der Waals surface area contributed by atoms with Crippen LogP contribution < -0.4 is 5.32 Å². The summed E-state index contributed by atoms with van der Waals surface area (Å²) >= 11 is 1.92. The fourth-order valence-corrected chi connectivity index (χ4v) is 2.29. The van der Waals surface area contributed by atoms with Crippen LogP contribution in [0.4, 0.5) is 5.82 Å². The molecule has 96 valence electrons. The van der Waals surface area contributed by atoms with Crippen molar-refractivity contribution >= 4 is 17.6 Å². The molecular weight excluding hydrogens is 230 g/mol. The lowest BCUT2D eigenvalue weighted by Crippen LogP contribution is -2.08. The molecule has 0 saturated carbocycles. The van der Waals surface area contributed by atoms with Crippen LogP contribution >= 0.6 is 11.8 Å².